The first-order valence-corrected chi connectivity index (χ1v) is 6.13. The van der Waals surface area contributed by atoms with Gasteiger partial charge in [-0.1, -0.05) is 6.92 Å². The molecule has 1 aromatic rings. The third-order valence-electron chi connectivity index (χ3n) is 3.01. The van der Waals surface area contributed by atoms with E-state index >= 15 is 0 Å². The topological polar surface area (TPSA) is 53.4 Å². The Balaban J connectivity index is 1.99. The van der Waals surface area contributed by atoms with E-state index in [4.69, 9.17) is 5.11 Å². The highest BCUT2D eigenvalue weighted by Gasteiger charge is 2.28. The predicted octanol–water partition coefficient (Wildman–Crippen LogP) is 2.15. The van der Waals surface area contributed by atoms with Gasteiger partial charge in [0, 0.05) is 18.8 Å². The molecule has 0 aromatic carbocycles. The van der Waals surface area contributed by atoms with Gasteiger partial charge in [0.15, 0.2) is 0 Å². The fourth-order valence-electron chi connectivity index (χ4n) is 1.97. The van der Waals surface area contributed by atoms with Gasteiger partial charge in [-0.05, 0) is 37.9 Å². The standard InChI is InChI=1S/C13H18N2O2/c1-2-7-15(12-5-6-12)9-11-4-3-10(8-14-11)13(16)17/h3-4,8,12H,2,5-7,9H2,1H3,(H,16,17). The van der Waals surface area contributed by atoms with Crippen LogP contribution in [0.3, 0.4) is 0 Å². The van der Waals surface area contributed by atoms with Crippen molar-refractivity contribution >= 4 is 5.97 Å². The number of nitrogens with zero attached hydrogens (tertiary/aromatic N) is 2. The Morgan fingerprint density at radius 3 is 2.76 bits per heavy atom. The zero-order chi connectivity index (χ0) is 12.3. The highest BCUT2D eigenvalue weighted by molar-refractivity contribution is 5.87. The van der Waals surface area contributed by atoms with Crippen molar-refractivity contribution in [3.8, 4) is 0 Å². The summed E-state index contributed by atoms with van der Waals surface area (Å²) >= 11 is 0. The highest BCUT2D eigenvalue weighted by Crippen LogP contribution is 2.28. The lowest BCUT2D eigenvalue weighted by molar-refractivity contribution is 0.0696. The van der Waals surface area contributed by atoms with Gasteiger partial charge in [0.05, 0.1) is 11.3 Å². The van der Waals surface area contributed by atoms with Crippen LogP contribution in [0.1, 0.15) is 42.2 Å². The molecule has 4 nitrogen and oxygen atoms in total. The smallest absolute Gasteiger partial charge is 0.337 e. The predicted molar refractivity (Wildman–Crippen MR) is 64.9 cm³/mol. The molecule has 1 aliphatic carbocycles. The molecule has 0 radical (unpaired) electrons. The van der Waals surface area contributed by atoms with Crippen molar-refractivity contribution in [1.29, 1.82) is 0 Å². The van der Waals surface area contributed by atoms with Gasteiger partial charge in [-0.2, -0.15) is 0 Å². The largest absolute Gasteiger partial charge is 0.478 e. The summed E-state index contributed by atoms with van der Waals surface area (Å²) in [4.78, 5) is 17.3. The maximum atomic E-state index is 10.7. The zero-order valence-electron chi connectivity index (χ0n) is 10.1. The van der Waals surface area contributed by atoms with Gasteiger partial charge >= 0.3 is 5.97 Å². The molecular formula is C13H18N2O2. The Morgan fingerprint density at radius 1 is 1.53 bits per heavy atom. The average Bonchev–Trinajstić information content (AvgIpc) is 3.13. The molecule has 1 aromatic heterocycles. The summed E-state index contributed by atoms with van der Waals surface area (Å²) in [6.07, 6.45) is 5.15. The van der Waals surface area contributed by atoms with Crippen LogP contribution in [-0.4, -0.2) is 33.5 Å². The van der Waals surface area contributed by atoms with Crippen LogP contribution in [-0.2, 0) is 6.54 Å². The van der Waals surface area contributed by atoms with Crippen LogP contribution in [0.15, 0.2) is 18.3 Å². The minimum Gasteiger partial charge on any atom is -0.478 e. The Kier molecular flexibility index (Phi) is 3.74. The van der Waals surface area contributed by atoms with E-state index in [1.54, 1.807) is 6.07 Å². The molecule has 0 spiro atoms. The number of pyridine rings is 1. The maximum absolute atomic E-state index is 10.7. The molecule has 1 heterocycles. The molecule has 1 saturated carbocycles. The van der Waals surface area contributed by atoms with E-state index < -0.39 is 5.97 Å². The molecule has 17 heavy (non-hydrogen) atoms. The van der Waals surface area contributed by atoms with Crippen molar-refractivity contribution in [2.24, 2.45) is 0 Å². The second kappa shape index (κ2) is 5.27. The molecule has 0 atom stereocenters. The summed E-state index contributed by atoms with van der Waals surface area (Å²) in [5, 5.41) is 8.79. The van der Waals surface area contributed by atoms with Crippen molar-refractivity contribution in [1.82, 2.24) is 9.88 Å². The van der Waals surface area contributed by atoms with Crippen LogP contribution in [0.4, 0.5) is 0 Å². The number of hydrogen-bond acceptors (Lipinski definition) is 3. The summed E-state index contributed by atoms with van der Waals surface area (Å²) in [5.41, 5.74) is 1.21. The van der Waals surface area contributed by atoms with Crippen molar-refractivity contribution in [3.05, 3.63) is 29.6 Å². The summed E-state index contributed by atoms with van der Waals surface area (Å²) in [6.45, 7) is 4.10. The molecule has 92 valence electrons. The number of carboxylic acids is 1. The van der Waals surface area contributed by atoms with E-state index in [1.807, 2.05) is 6.07 Å². The van der Waals surface area contributed by atoms with Crippen molar-refractivity contribution < 1.29 is 9.90 Å². The quantitative estimate of drug-likeness (QED) is 0.819. The van der Waals surface area contributed by atoms with Gasteiger partial charge < -0.3 is 5.11 Å². The van der Waals surface area contributed by atoms with Gasteiger partial charge in [0.25, 0.3) is 0 Å². The van der Waals surface area contributed by atoms with Crippen LogP contribution < -0.4 is 0 Å². The van der Waals surface area contributed by atoms with Crippen molar-refractivity contribution in [2.75, 3.05) is 6.54 Å². The molecule has 1 aliphatic rings. The number of aromatic nitrogens is 1. The van der Waals surface area contributed by atoms with Crippen LogP contribution in [0, 0.1) is 0 Å². The molecule has 0 amide bonds. The second-order valence-corrected chi connectivity index (χ2v) is 4.55. The Labute approximate surface area is 101 Å². The first-order valence-electron chi connectivity index (χ1n) is 6.13. The Hall–Kier alpha value is -1.42. The maximum Gasteiger partial charge on any atom is 0.337 e. The molecule has 1 N–H and O–H groups in total. The number of carbonyl (C=O) groups is 1. The SMILES string of the molecule is CCCN(Cc1ccc(C(=O)O)cn1)C1CC1. The fraction of sp³-hybridized carbons (Fsp3) is 0.538. The molecule has 0 bridgehead atoms. The lowest BCUT2D eigenvalue weighted by atomic mass is 10.2. The number of hydrogen-bond donors (Lipinski definition) is 1. The number of rotatable bonds is 6. The summed E-state index contributed by atoms with van der Waals surface area (Å²) < 4.78 is 0. The minimum absolute atomic E-state index is 0.252. The summed E-state index contributed by atoms with van der Waals surface area (Å²) in [7, 11) is 0. The molecule has 2 rings (SSSR count). The van der Waals surface area contributed by atoms with Gasteiger partial charge in [-0.3, -0.25) is 9.88 Å². The fourth-order valence-corrected chi connectivity index (χ4v) is 1.97. The van der Waals surface area contributed by atoms with Crippen LogP contribution in [0.2, 0.25) is 0 Å². The van der Waals surface area contributed by atoms with E-state index in [1.165, 1.54) is 19.0 Å². The Bertz CT molecular complexity index is 385. The third-order valence-corrected chi connectivity index (χ3v) is 3.01. The zero-order valence-corrected chi connectivity index (χ0v) is 10.1. The van der Waals surface area contributed by atoms with E-state index in [0.29, 0.717) is 0 Å². The number of carboxylic acid groups (broad SMARTS) is 1. The molecule has 0 unspecified atom stereocenters. The van der Waals surface area contributed by atoms with Crippen LogP contribution in [0.25, 0.3) is 0 Å². The monoisotopic (exact) mass is 234 g/mol. The lowest BCUT2D eigenvalue weighted by Crippen LogP contribution is -2.26. The molecule has 4 heteroatoms. The van der Waals surface area contributed by atoms with E-state index in [-0.39, 0.29) is 5.56 Å². The first-order chi connectivity index (χ1) is 8.20. The lowest BCUT2D eigenvalue weighted by Gasteiger charge is -2.20. The third kappa shape index (κ3) is 3.27. The second-order valence-electron chi connectivity index (χ2n) is 4.55. The normalized spacial score (nSPS) is 15.2. The molecular weight excluding hydrogens is 216 g/mol. The highest BCUT2D eigenvalue weighted by atomic mass is 16.4. The van der Waals surface area contributed by atoms with Crippen molar-refractivity contribution in [3.63, 3.8) is 0 Å². The van der Waals surface area contributed by atoms with E-state index in [9.17, 15) is 4.79 Å². The Morgan fingerprint density at radius 2 is 2.29 bits per heavy atom. The van der Waals surface area contributed by atoms with E-state index in [0.717, 1.165) is 31.2 Å². The first kappa shape index (κ1) is 12.0. The summed E-state index contributed by atoms with van der Waals surface area (Å²) in [5.74, 6) is -0.920. The van der Waals surface area contributed by atoms with Gasteiger partial charge in [0.2, 0.25) is 0 Å². The molecule has 1 fully saturated rings. The van der Waals surface area contributed by atoms with Gasteiger partial charge in [0.1, 0.15) is 0 Å². The van der Waals surface area contributed by atoms with Crippen LogP contribution in [0.5, 0.6) is 0 Å². The summed E-state index contributed by atoms with van der Waals surface area (Å²) in [6, 6.07) is 4.16. The van der Waals surface area contributed by atoms with Crippen molar-refractivity contribution in [2.45, 2.75) is 38.8 Å². The molecule has 0 saturated heterocycles. The average molecular weight is 234 g/mol. The van der Waals surface area contributed by atoms with Crippen LogP contribution >= 0.6 is 0 Å². The van der Waals surface area contributed by atoms with Gasteiger partial charge in [-0.15, -0.1) is 0 Å². The number of aromatic carboxylic acids is 1. The van der Waals surface area contributed by atoms with Gasteiger partial charge in [-0.25, -0.2) is 4.79 Å². The van der Waals surface area contributed by atoms with E-state index in [2.05, 4.69) is 16.8 Å². The molecule has 0 aliphatic heterocycles. The minimum atomic E-state index is -0.920.